The largest absolute Gasteiger partial charge is 0.485 e. The van der Waals surface area contributed by atoms with Crippen molar-refractivity contribution in [3.05, 3.63) is 95.6 Å². The van der Waals surface area contributed by atoms with Crippen molar-refractivity contribution in [1.29, 1.82) is 0 Å². The maximum atomic E-state index is 8.88. The van der Waals surface area contributed by atoms with Gasteiger partial charge in [0.15, 0.2) is 11.5 Å². The molecule has 0 aliphatic carbocycles. The van der Waals surface area contributed by atoms with Gasteiger partial charge in [0.05, 0.1) is 6.61 Å². The fraction of sp³-hybridized carbons (Fsp3) is 0.250. The molecule has 0 saturated carbocycles. The van der Waals surface area contributed by atoms with Gasteiger partial charge in [-0.05, 0) is 41.8 Å². The molecule has 4 nitrogen and oxygen atoms in total. The summed E-state index contributed by atoms with van der Waals surface area (Å²) in [5.74, 6) is 1.49. The Labute approximate surface area is 166 Å². The van der Waals surface area contributed by atoms with E-state index in [0.29, 0.717) is 19.8 Å². The first-order chi connectivity index (χ1) is 13.8. The predicted octanol–water partition coefficient (Wildman–Crippen LogP) is 3.97. The summed E-state index contributed by atoms with van der Waals surface area (Å²) in [6.45, 7) is 2.56. The Bertz CT molecular complexity index is 822. The molecule has 3 rings (SSSR count). The lowest BCUT2D eigenvalue weighted by Gasteiger charge is -2.15. The second-order valence-corrected chi connectivity index (χ2v) is 6.55. The van der Waals surface area contributed by atoms with Crippen LogP contribution in [0.25, 0.3) is 0 Å². The maximum Gasteiger partial charge on any atom is 0.161 e. The van der Waals surface area contributed by atoms with Crippen molar-refractivity contribution in [2.45, 2.75) is 19.6 Å². The number of ether oxygens (including phenoxy) is 2. The third-order valence-electron chi connectivity index (χ3n) is 4.36. The molecular weight excluding hydrogens is 350 g/mol. The van der Waals surface area contributed by atoms with E-state index < -0.39 is 0 Å². The van der Waals surface area contributed by atoms with Crippen LogP contribution in [0.2, 0.25) is 0 Å². The summed E-state index contributed by atoms with van der Waals surface area (Å²) in [4.78, 5) is 0. The van der Waals surface area contributed by atoms with Gasteiger partial charge in [-0.25, -0.2) is 0 Å². The highest BCUT2D eigenvalue weighted by Crippen LogP contribution is 2.30. The van der Waals surface area contributed by atoms with Gasteiger partial charge in [-0.3, -0.25) is 0 Å². The van der Waals surface area contributed by atoms with E-state index in [4.69, 9.17) is 14.6 Å². The Hall–Kier alpha value is -2.82. The Kier molecular flexibility index (Phi) is 7.91. The highest BCUT2D eigenvalue weighted by molar-refractivity contribution is 5.43. The number of aliphatic hydroxyl groups excluding tert-OH is 1. The molecule has 0 aromatic heterocycles. The fourth-order valence-corrected chi connectivity index (χ4v) is 2.85. The summed E-state index contributed by atoms with van der Waals surface area (Å²) in [6, 6.07) is 26.3. The normalized spacial score (nSPS) is 10.6. The molecule has 0 unspecified atom stereocenters. The summed E-state index contributed by atoms with van der Waals surface area (Å²) in [5.41, 5.74) is 3.40. The average molecular weight is 377 g/mol. The predicted molar refractivity (Wildman–Crippen MR) is 112 cm³/mol. The van der Waals surface area contributed by atoms with Crippen molar-refractivity contribution in [1.82, 2.24) is 5.32 Å². The molecule has 0 amide bonds. The molecule has 146 valence electrons. The SMILES string of the molecule is OCCNCCc1ccc(OCc2ccccc2)c(OCc2ccccc2)c1. The molecule has 0 aliphatic heterocycles. The molecule has 0 saturated heterocycles. The summed E-state index contributed by atoms with van der Waals surface area (Å²) in [5, 5.41) is 12.1. The lowest BCUT2D eigenvalue weighted by atomic mass is 10.1. The van der Waals surface area contributed by atoms with Gasteiger partial charge in [-0.1, -0.05) is 66.7 Å². The summed E-state index contributed by atoms with van der Waals surface area (Å²) in [7, 11) is 0. The van der Waals surface area contributed by atoms with Gasteiger partial charge in [-0.2, -0.15) is 0 Å². The van der Waals surface area contributed by atoms with Crippen molar-refractivity contribution in [3.8, 4) is 11.5 Å². The average Bonchev–Trinajstić information content (AvgIpc) is 2.76. The van der Waals surface area contributed by atoms with Gasteiger partial charge >= 0.3 is 0 Å². The molecule has 2 N–H and O–H groups in total. The molecule has 4 heteroatoms. The van der Waals surface area contributed by atoms with Crippen molar-refractivity contribution in [2.75, 3.05) is 19.7 Å². The molecule has 0 heterocycles. The van der Waals surface area contributed by atoms with Crippen LogP contribution in [0.15, 0.2) is 78.9 Å². The van der Waals surface area contributed by atoms with Gasteiger partial charge in [0.1, 0.15) is 13.2 Å². The maximum absolute atomic E-state index is 8.88. The van der Waals surface area contributed by atoms with Crippen LogP contribution in [0.5, 0.6) is 11.5 Å². The number of benzene rings is 3. The Balaban J connectivity index is 1.68. The van der Waals surface area contributed by atoms with Crippen LogP contribution in [0.3, 0.4) is 0 Å². The van der Waals surface area contributed by atoms with Crippen LogP contribution in [0.1, 0.15) is 16.7 Å². The molecule has 0 radical (unpaired) electrons. The molecule has 0 bridgehead atoms. The molecule has 0 spiro atoms. The van der Waals surface area contributed by atoms with E-state index in [9.17, 15) is 0 Å². The number of rotatable bonds is 11. The van der Waals surface area contributed by atoms with Gasteiger partial charge in [0.2, 0.25) is 0 Å². The van der Waals surface area contributed by atoms with E-state index in [2.05, 4.69) is 11.4 Å². The first-order valence-corrected chi connectivity index (χ1v) is 9.63. The smallest absolute Gasteiger partial charge is 0.161 e. The molecule has 0 fully saturated rings. The van der Waals surface area contributed by atoms with E-state index in [1.807, 2.05) is 72.8 Å². The van der Waals surface area contributed by atoms with Crippen LogP contribution < -0.4 is 14.8 Å². The third kappa shape index (κ3) is 6.41. The Morgan fingerprint density at radius 1 is 0.643 bits per heavy atom. The monoisotopic (exact) mass is 377 g/mol. The van der Waals surface area contributed by atoms with Crippen molar-refractivity contribution in [2.24, 2.45) is 0 Å². The van der Waals surface area contributed by atoms with E-state index in [-0.39, 0.29) is 6.61 Å². The summed E-state index contributed by atoms with van der Waals surface area (Å²) < 4.78 is 12.1. The lowest BCUT2D eigenvalue weighted by Crippen LogP contribution is -2.20. The number of nitrogens with one attached hydrogen (secondary N) is 1. The van der Waals surface area contributed by atoms with E-state index >= 15 is 0 Å². The molecule has 0 aliphatic rings. The zero-order valence-electron chi connectivity index (χ0n) is 16.0. The second kappa shape index (κ2) is 11.1. The zero-order valence-corrected chi connectivity index (χ0v) is 16.0. The number of hydrogen-bond acceptors (Lipinski definition) is 4. The number of hydrogen-bond donors (Lipinski definition) is 2. The molecule has 3 aromatic carbocycles. The lowest BCUT2D eigenvalue weighted by molar-refractivity contribution is 0.255. The third-order valence-corrected chi connectivity index (χ3v) is 4.36. The summed E-state index contributed by atoms with van der Waals surface area (Å²) >= 11 is 0. The van der Waals surface area contributed by atoms with Crippen molar-refractivity contribution >= 4 is 0 Å². The van der Waals surface area contributed by atoms with Crippen LogP contribution in [-0.2, 0) is 19.6 Å². The van der Waals surface area contributed by atoms with Crippen LogP contribution in [0, 0.1) is 0 Å². The molecule has 3 aromatic rings. The highest BCUT2D eigenvalue weighted by atomic mass is 16.5. The van der Waals surface area contributed by atoms with Gasteiger partial charge < -0.3 is 19.9 Å². The standard InChI is InChI=1S/C24H27NO3/c26-16-15-25-14-13-20-11-12-23(27-18-21-7-3-1-4-8-21)24(17-20)28-19-22-9-5-2-6-10-22/h1-12,17,25-26H,13-16,18-19H2. The first-order valence-electron chi connectivity index (χ1n) is 9.63. The quantitative estimate of drug-likeness (QED) is 0.497. The number of aliphatic hydroxyl groups is 1. The molecule has 28 heavy (non-hydrogen) atoms. The van der Waals surface area contributed by atoms with Crippen molar-refractivity contribution < 1.29 is 14.6 Å². The minimum Gasteiger partial charge on any atom is -0.485 e. The Morgan fingerprint density at radius 3 is 1.86 bits per heavy atom. The first kappa shape index (κ1) is 19.9. The molecule has 0 atom stereocenters. The fourth-order valence-electron chi connectivity index (χ4n) is 2.85. The Morgan fingerprint density at radius 2 is 1.25 bits per heavy atom. The summed E-state index contributed by atoms with van der Waals surface area (Å²) in [6.07, 6.45) is 0.862. The topological polar surface area (TPSA) is 50.7 Å². The molecular formula is C24H27NO3. The van der Waals surface area contributed by atoms with Crippen LogP contribution >= 0.6 is 0 Å². The van der Waals surface area contributed by atoms with Gasteiger partial charge in [0.25, 0.3) is 0 Å². The van der Waals surface area contributed by atoms with Crippen LogP contribution in [0.4, 0.5) is 0 Å². The highest BCUT2D eigenvalue weighted by Gasteiger charge is 2.08. The van der Waals surface area contributed by atoms with Gasteiger partial charge in [0, 0.05) is 6.54 Å². The zero-order chi connectivity index (χ0) is 19.4. The van der Waals surface area contributed by atoms with Crippen molar-refractivity contribution in [3.63, 3.8) is 0 Å². The van der Waals surface area contributed by atoms with E-state index in [1.54, 1.807) is 0 Å². The second-order valence-electron chi connectivity index (χ2n) is 6.55. The van der Waals surface area contributed by atoms with E-state index in [1.165, 1.54) is 5.56 Å². The minimum atomic E-state index is 0.150. The minimum absolute atomic E-state index is 0.150. The van der Waals surface area contributed by atoms with Gasteiger partial charge in [-0.15, -0.1) is 0 Å². The van der Waals surface area contributed by atoms with E-state index in [0.717, 1.165) is 35.6 Å². The van der Waals surface area contributed by atoms with Crippen LogP contribution in [-0.4, -0.2) is 24.8 Å².